The quantitative estimate of drug-likeness (QED) is 0.260. The lowest BCUT2D eigenvalue weighted by Gasteiger charge is -2.64. The van der Waals surface area contributed by atoms with Crippen molar-refractivity contribution in [2.75, 3.05) is 6.61 Å². The standard InChI is InChI=1S/C35H58O9/c1-29(2)22(43-28-25(40)24(39)20(38)16-42-28)9-11-35-17-34(35)13-12-31(5)27(33(7)10-8-23(44-33)30(3,4)41)19(37)15-32(31,6)21(34)14-18(36)26(29)35/h18-28,36-41H,8-17H2,1-7H3/t18-,19+,20-,21-,22+,23+,24-,25-,26+,27+,28-,31-,32+,33-,34+,35-/m1/s1. The molecule has 2 saturated heterocycles. The molecule has 2 aliphatic heterocycles. The second-order valence-electron chi connectivity index (χ2n) is 18.3. The monoisotopic (exact) mass is 622 g/mol. The van der Waals surface area contributed by atoms with Crippen LogP contribution in [0.2, 0.25) is 0 Å². The van der Waals surface area contributed by atoms with Gasteiger partial charge in [0.1, 0.15) is 18.3 Å². The van der Waals surface area contributed by atoms with Crippen LogP contribution in [0.25, 0.3) is 0 Å². The molecule has 2 heterocycles. The van der Waals surface area contributed by atoms with Crippen molar-refractivity contribution in [2.24, 2.45) is 44.8 Å². The lowest BCUT2D eigenvalue weighted by atomic mass is 9.41. The van der Waals surface area contributed by atoms with E-state index in [4.69, 9.17) is 14.2 Å². The predicted octanol–water partition coefficient (Wildman–Crippen LogP) is 2.90. The van der Waals surface area contributed by atoms with Crippen molar-refractivity contribution < 1.29 is 44.8 Å². The van der Waals surface area contributed by atoms with Gasteiger partial charge in [-0.1, -0.05) is 27.7 Å². The van der Waals surface area contributed by atoms with Crippen molar-refractivity contribution in [3.8, 4) is 0 Å². The molecule has 0 aromatic heterocycles. The Bertz CT molecular complexity index is 1160. The second-order valence-corrected chi connectivity index (χ2v) is 18.3. The van der Waals surface area contributed by atoms with Gasteiger partial charge in [-0.2, -0.15) is 0 Å². The summed E-state index contributed by atoms with van der Waals surface area (Å²) < 4.78 is 18.7. The van der Waals surface area contributed by atoms with Crippen LogP contribution < -0.4 is 0 Å². The Balaban J connectivity index is 1.15. The summed E-state index contributed by atoms with van der Waals surface area (Å²) in [5.41, 5.74) is -2.01. The smallest absolute Gasteiger partial charge is 0.186 e. The number of ether oxygens (including phenoxy) is 3. The largest absolute Gasteiger partial charge is 0.393 e. The molecule has 0 aromatic carbocycles. The van der Waals surface area contributed by atoms with E-state index in [1.165, 1.54) is 0 Å². The van der Waals surface area contributed by atoms with Gasteiger partial charge >= 0.3 is 0 Å². The highest BCUT2D eigenvalue weighted by Gasteiger charge is 2.85. The molecule has 7 rings (SSSR count). The minimum atomic E-state index is -1.33. The Labute approximate surface area is 262 Å². The van der Waals surface area contributed by atoms with E-state index in [-0.39, 0.29) is 52.3 Å². The Kier molecular flexibility index (Phi) is 7.04. The van der Waals surface area contributed by atoms with E-state index in [2.05, 4.69) is 34.6 Å². The van der Waals surface area contributed by atoms with E-state index in [0.29, 0.717) is 18.8 Å². The van der Waals surface area contributed by atoms with Crippen LogP contribution in [0.15, 0.2) is 0 Å². The van der Waals surface area contributed by atoms with Gasteiger partial charge in [-0.15, -0.1) is 0 Å². The third kappa shape index (κ3) is 3.97. The van der Waals surface area contributed by atoms with Gasteiger partial charge < -0.3 is 44.8 Å². The van der Waals surface area contributed by atoms with E-state index < -0.39 is 53.4 Å². The summed E-state index contributed by atoms with van der Waals surface area (Å²) in [4.78, 5) is 0. The van der Waals surface area contributed by atoms with Crippen molar-refractivity contribution >= 4 is 0 Å². The average Bonchev–Trinajstić information content (AvgIpc) is 3.27. The van der Waals surface area contributed by atoms with Crippen LogP contribution in [-0.2, 0) is 14.2 Å². The number of aliphatic hydroxyl groups is 6. The molecule has 16 atom stereocenters. The first-order valence-electron chi connectivity index (χ1n) is 17.4. The number of hydrogen-bond acceptors (Lipinski definition) is 9. The molecule has 6 N–H and O–H groups in total. The second kappa shape index (κ2) is 9.63. The summed E-state index contributed by atoms with van der Waals surface area (Å²) in [6, 6.07) is 0. The fraction of sp³-hybridized carbons (Fsp3) is 1.00. The van der Waals surface area contributed by atoms with Crippen LogP contribution in [0.4, 0.5) is 0 Å². The molecule has 0 radical (unpaired) electrons. The zero-order valence-corrected chi connectivity index (χ0v) is 27.8. The van der Waals surface area contributed by atoms with Crippen LogP contribution >= 0.6 is 0 Å². The first kappa shape index (κ1) is 32.2. The highest BCUT2D eigenvalue weighted by atomic mass is 16.7. The third-order valence-corrected chi connectivity index (χ3v) is 15.5. The van der Waals surface area contributed by atoms with Crippen LogP contribution in [0.1, 0.15) is 106 Å². The first-order valence-corrected chi connectivity index (χ1v) is 17.4. The zero-order chi connectivity index (χ0) is 32.0. The van der Waals surface area contributed by atoms with Crippen molar-refractivity contribution in [3.63, 3.8) is 0 Å². The zero-order valence-electron chi connectivity index (χ0n) is 27.8. The molecular weight excluding hydrogens is 564 g/mol. The SMILES string of the molecule is CC(C)(O)[C@@H]1CC[C@](C)([C@H]2[C@@H](O)C[C@@]3(C)[C@H]4C[C@@H](O)[C@H]5C(C)(C)[C@@H](O[C@H]6OC[C@@H](O)[C@@H](O)[C@H]6O)CC[C@@]56C[C@@]46CC[C@]23C)O1. The maximum absolute atomic E-state index is 12.1. The van der Waals surface area contributed by atoms with Crippen molar-refractivity contribution in [2.45, 2.75) is 166 Å². The number of rotatable bonds is 4. The lowest BCUT2D eigenvalue weighted by molar-refractivity contribution is -0.306. The summed E-state index contributed by atoms with van der Waals surface area (Å²) in [5.74, 6) is 0.285. The van der Waals surface area contributed by atoms with E-state index in [0.717, 1.165) is 44.9 Å². The maximum Gasteiger partial charge on any atom is 0.186 e. The fourth-order valence-electron chi connectivity index (χ4n) is 13.4. The number of hydrogen-bond donors (Lipinski definition) is 6. The van der Waals surface area contributed by atoms with Gasteiger partial charge in [-0.3, -0.25) is 0 Å². The van der Waals surface area contributed by atoms with E-state index in [1.807, 2.05) is 13.8 Å². The van der Waals surface area contributed by atoms with Crippen LogP contribution in [0.5, 0.6) is 0 Å². The van der Waals surface area contributed by atoms with Gasteiger partial charge in [0.2, 0.25) is 0 Å². The molecule has 0 aromatic rings. The molecule has 0 unspecified atom stereocenters. The molecule has 252 valence electrons. The predicted molar refractivity (Wildman–Crippen MR) is 161 cm³/mol. The molecule has 7 fully saturated rings. The molecule has 5 aliphatic carbocycles. The molecular formula is C35H58O9. The fourth-order valence-corrected chi connectivity index (χ4v) is 13.4. The molecule has 0 bridgehead atoms. The topological polar surface area (TPSA) is 149 Å². The Morgan fingerprint density at radius 1 is 0.750 bits per heavy atom. The Hall–Kier alpha value is -0.360. The van der Waals surface area contributed by atoms with Crippen LogP contribution in [-0.4, -0.2) is 97.5 Å². The van der Waals surface area contributed by atoms with Crippen molar-refractivity contribution in [1.29, 1.82) is 0 Å². The number of fused-ring (bicyclic) bond motifs is 2. The van der Waals surface area contributed by atoms with Gasteiger partial charge in [0.25, 0.3) is 0 Å². The first-order chi connectivity index (χ1) is 20.3. The highest BCUT2D eigenvalue weighted by Crippen LogP contribution is 2.89. The molecule has 9 heteroatoms. The molecule has 0 amide bonds. The van der Waals surface area contributed by atoms with Crippen molar-refractivity contribution in [3.05, 3.63) is 0 Å². The van der Waals surface area contributed by atoms with Gasteiger partial charge in [-0.05, 0) is 117 Å². The summed E-state index contributed by atoms with van der Waals surface area (Å²) in [5, 5.41) is 65.5. The minimum absolute atomic E-state index is 0.00753. The summed E-state index contributed by atoms with van der Waals surface area (Å²) in [6.45, 7) is 14.8. The normalized spacial score (nSPS) is 59.8. The minimum Gasteiger partial charge on any atom is -0.393 e. The van der Waals surface area contributed by atoms with E-state index in [9.17, 15) is 30.6 Å². The van der Waals surface area contributed by atoms with E-state index >= 15 is 0 Å². The molecule has 44 heavy (non-hydrogen) atoms. The van der Waals surface area contributed by atoms with Crippen LogP contribution in [0, 0.1) is 44.8 Å². The third-order valence-electron chi connectivity index (χ3n) is 15.5. The van der Waals surface area contributed by atoms with E-state index in [1.54, 1.807) is 0 Å². The van der Waals surface area contributed by atoms with Crippen molar-refractivity contribution in [1.82, 2.24) is 0 Å². The average molecular weight is 623 g/mol. The summed E-state index contributed by atoms with van der Waals surface area (Å²) >= 11 is 0. The van der Waals surface area contributed by atoms with Crippen LogP contribution in [0.3, 0.4) is 0 Å². The van der Waals surface area contributed by atoms with Gasteiger partial charge in [0, 0.05) is 5.92 Å². The highest BCUT2D eigenvalue weighted by molar-refractivity contribution is 5.33. The van der Waals surface area contributed by atoms with Gasteiger partial charge in [-0.25, -0.2) is 0 Å². The molecule has 9 nitrogen and oxygen atoms in total. The Morgan fingerprint density at radius 3 is 2.11 bits per heavy atom. The van der Waals surface area contributed by atoms with Gasteiger partial charge in [0.05, 0.1) is 42.2 Å². The Morgan fingerprint density at radius 2 is 1.45 bits per heavy atom. The number of aliphatic hydroxyl groups excluding tert-OH is 5. The lowest BCUT2D eigenvalue weighted by Crippen LogP contribution is -2.63. The maximum atomic E-state index is 12.1. The summed E-state index contributed by atoms with van der Waals surface area (Å²) in [6.07, 6.45) is 1.57. The van der Waals surface area contributed by atoms with Gasteiger partial charge in [0.15, 0.2) is 6.29 Å². The molecule has 2 spiro atoms. The molecule has 5 saturated carbocycles. The summed E-state index contributed by atoms with van der Waals surface area (Å²) in [7, 11) is 0. The molecule has 7 aliphatic rings.